The van der Waals surface area contributed by atoms with Crippen LogP contribution in [0.15, 0.2) is 40.9 Å². The normalized spacial score (nSPS) is 10.8. The minimum atomic E-state index is -0.0398. The maximum absolute atomic E-state index is 12.3. The zero-order valence-corrected chi connectivity index (χ0v) is 16.1. The van der Waals surface area contributed by atoms with Crippen molar-refractivity contribution in [3.8, 4) is 10.7 Å². The van der Waals surface area contributed by atoms with Gasteiger partial charge >= 0.3 is 0 Å². The molecule has 2 aromatic heterocycles. The number of thioether (sulfide) groups is 1. The first-order valence-corrected chi connectivity index (χ1v) is 9.92. The lowest BCUT2D eigenvalue weighted by molar-refractivity contribution is -0.113. The predicted molar refractivity (Wildman–Crippen MR) is 104 cm³/mol. The summed E-state index contributed by atoms with van der Waals surface area (Å²) in [5, 5.41) is 14.3. The number of carbonyl (C=O) groups is 1. The fourth-order valence-corrected chi connectivity index (χ4v) is 3.99. The molecule has 1 N–H and O–H groups in total. The summed E-state index contributed by atoms with van der Waals surface area (Å²) in [6.45, 7) is 6.87. The van der Waals surface area contributed by atoms with Gasteiger partial charge in [0.1, 0.15) is 0 Å². The summed E-state index contributed by atoms with van der Waals surface area (Å²) < 4.78 is 2.04. The smallest absolute Gasteiger partial charge is 0.234 e. The minimum Gasteiger partial charge on any atom is -0.325 e. The van der Waals surface area contributed by atoms with Crippen LogP contribution in [-0.4, -0.2) is 26.4 Å². The fourth-order valence-electron chi connectivity index (χ4n) is 2.47. The summed E-state index contributed by atoms with van der Waals surface area (Å²) in [6.07, 6.45) is 0. The first kappa shape index (κ1) is 17.7. The molecule has 25 heavy (non-hydrogen) atoms. The Morgan fingerprint density at radius 3 is 2.80 bits per heavy atom. The van der Waals surface area contributed by atoms with Gasteiger partial charge in [0.25, 0.3) is 0 Å². The van der Waals surface area contributed by atoms with Crippen LogP contribution in [0.4, 0.5) is 5.69 Å². The highest BCUT2D eigenvalue weighted by Gasteiger charge is 2.15. The van der Waals surface area contributed by atoms with Crippen molar-refractivity contribution in [1.82, 2.24) is 14.8 Å². The highest BCUT2D eigenvalue weighted by Crippen LogP contribution is 2.27. The molecule has 0 saturated carbocycles. The molecule has 0 fully saturated rings. The maximum atomic E-state index is 12.3. The van der Waals surface area contributed by atoms with Crippen LogP contribution in [0.2, 0.25) is 0 Å². The molecule has 0 bridgehead atoms. The summed E-state index contributed by atoms with van der Waals surface area (Å²) in [7, 11) is 0. The Hall–Kier alpha value is -2.12. The monoisotopic (exact) mass is 372 g/mol. The largest absolute Gasteiger partial charge is 0.325 e. The van der Waals surface area contributed by atoms with Crippen LogP contribution in [0.25, 0.3) is 10.7 Å². The topological polar surface area (TPSA) is 59.8 Å². The molecule has 1 amide bonds. The van der Waals surface area contributed by atoms with E-state index in [2.05, 4.69) is 22.4 Å². The lowest BCUT2D eigenvalue weighted by atomic mass is 10.1. The molecule has 0 radical (unpaired) electrons. The van der Waals surface area contributed by atoms with Crippen LogP contribution < -0.4 is 5.32 Å². The van der Waals surface area contributed by atoms with E-state index in [1.54, 1.807) is 11.3 Å². The van der Waals surface area contributed by atoms with E-state index in [-0.39, 0.29) is 5.91 Å². The van der Waals surface area contributed by atoms with Crippen LogP contribution >= 0.6 is 23.1 Å². The van der Waals surface area contributed by atoms with Gasteiger partial charge in [-0.1, -0.05) is 30.0 Å². The summed E-state index contributed by atoms with van der Waals surface area (Å²) in [4.78, 5) is 13.4. The molecule has 0 atom stereocenters. The number of nitrogens with one attached hydrogen (secondary N) is 1. The first-order chi connectivity index (χ1) is 12.1. The quantitative estimate of drug-likeness (QED) is 0.653. The van der Waals surface area contributed by atoms with Crippen molar-refractivity contribution in [2.75, 3.05) is 11.1 Å². The Labute approximate surface area is 155 Å². The average Bonchev–Trinajstić information content (AvgIpc) is 3.25. The summed E-state index contributed by atoms with van der Waals surface area (Å²) in [5.41, 5.74) is 3.12. The molecule has 3 aromatic rings. The van der Waals surface area contributed by atoms with E-state index in [1.807, 2.05) is 54.1 Å². The molecule has 0 aliphatic carbocycles. The van der Waals surface area contributed by atoms with Crippen molar-refractivity contribution in [1.29, 1.82) is 0 Å². The molecule has 0 aliphatic heterocycles. The van der Waals surface area contributed by atoms with E-state index >= 15 is 0 Å². The molecule has 130 valence electrons. The van der Waals surface area contributed by atoms with E-state index in [4.69, 9.17) is 0 Å². The van der Waals surface area contributed by atoms with Crippen molar-refractivity contribution in [2.24, 2.45) is 0 Å². The number of hydrogen-bond acceptors (Lipinski definition) is 5. The van der Waals surface area contributed by atoms with E-state index in [9.17, 15) is 4.79 Å². The molecule has 1 aromatic carbocycles. The average molecular weight is 373 g/mol. The molecule has 3 rings (SSSR count). The summed E-state index contributed by atoms with van der Waals surface area (Å²) >= 11 is 3.05. The van der Waals surface area contributed by atoms with Crippen molar-refractivity contribution in [3.63, 3.8) is 0 Å². The van der Waals surface area contributed by atoms with E-state index in [1.165, 1.54) is 11.8 Å². The van der Waals surface area contributed by atoms with Gasteiger partial charge in [-0.3, -0.25) is 4.79 Å². The Kier molecular flexibility index (Phi) is 5.55. The molecular weight excluding hydrogens is 352 g/mol. The predicted octanol–water partition coefficient (Wildman–Crippen LogP) is 4.37. The number of aryl methyl sites for hydroxylation is 1. The van der Waals surface area contributed by atoms with Crippen molar-refractivity contribution >= 4 is 34.7 Å². The number of thiophene rings is 1. The third-order valence-corrected chi connectivity index (χ3v) is 5.82. The number of carbonyl (C=O) groups excluding carboxylic acids is 1. The van der Waals surface area contributed by atoms with E-state index in [0.29, 0.717) is 5.75 Å². The number of benzene rings is 1. The van der Waals surface area contributed by atoms with Crippen LogP contribution in [-0.2, 0) is 11.3 Å². The van der Waals surface area contributed by atoms with Gasteiger partial charge in [0.2, 0.25) is 5.91 Å². The third-order valence-electron chi connectivity index (χ3n) is 3.99. The van der Waals surface area contributed by atoms with Gasteiger partial charge < -0.3 is 9.88 Å². The highest BCUT2D eigenvalue weighted by atomic mass is 32.2. The van der Waals surface area contributed by atoms with Crippen LogP contribution in [0.1, 0.15) is 18.1 Å². The van der Waals surface area contributed by atoms with Crippen molar-refractivity contribution in [2.45, 2.75) is 32.5 Å². The second-order valence-electron chi connectivity index (χ2n) is 5.61. The molecule has 0 saturated heterocycles. The number of aromatic nitrogens is 3. The highest BCUT2D eigenvalue weighted by molar-refractivity contribution is 7.99. The maximum Gasteiger partial charge on any atom is 0.234 e. The zero-order valence-electron chi connectivity index (χ0n) is 14.4. The van der Waals surface area contributed by atoms with E-state index < -0.39 is 0 Å². The Bertz CT molecular complexity index is 871. The SMILES string of the molecule is CCn1c(SCC(=O)Nc2cccc(C)c2C)nnc1-c1cccs1. The third kappa shape index (κ3) is 3.93. The molecule has 2 heterocycles. The lowest BCUT2D eigenvalue weighted by Gasteiger charge is -2.10. The molecular formula is C18H20N4OS2. The van der Waals surface area contributed by atoms with Crippen LogP contribution in [0.3, 0.4) is 0 Å². The molecule has 7 heteroatoms. The Morgan fingerprint density at radius 2 is 2.08 bits per heavy atom. The Morgan fingerprint density at radius 1 is 1.24 bits per heavy atom. The number of anilines is 1. The van der Waals surface area contributed by atoms with Gasteiger partial charge in [0, 0.05) is 12.2 Å². The van der Waals surface area contributed by atoms with Crippen LogP contribution in [0.5, 0.6) is 0 Å². The van der Waals surface area contributed by atoms with Gasteiger partial charge in [0.15, 0.2) is 11.0 Å². The second kappa shape index (κ2) is 7.84. The van der Waals surface area contributed by atoms with Gasteiger partial charge in [-0.15, -0.1) is 21.5 Å². The number of hydrogen-bond donors (Lipinski definition) is 1. The van der Waals surface area contributed by atoms with Gasteiger partial charge in [-0.05, 0) is 49.4 Å². The molecule has 5 nitrogen and oxygen atoms in total. The minimum absolute atomic E-state index is 0.0398. The van der Waals surface area contributed by atoms with Crippen molar-refractivity contribution in [3.05, 3.63) is 46.8 Å². The first-order valence-electron chi connectivity index (χ1n) is 8.06. The summed E-state index contributed by atoms with van der Waals surface area (Å²) in [6, 6.07) is 9.94. The summed E-state index contributed by atoms with van der Waals surface area (Å²) in [5.74, 6) is 1.12. The second-order valence-corrected chi connectivity index (χ2v) is 7.50. The number of nitrogens with zero attached hydrogens (tertiary/aromatic N) is 3. The van der Waals surface area contributed by atoms with Crippen LogP contribution in [0, 0.1) is 13.8 Å². The molecule has 0 unspecified atom stereocenters. The molecule has 0 spiro atoms. The van der Waals surface area contributed by atoms with Gasteiger partial charge in [-0.2, -0.15) is 0 Å². The van der Waals surface area contributed by atoms with Gasteiger partial charge in [-0.25, -0.2) is 0 Å². The zero-order chi connectivity index (χ0) is 17.8. The standard InChI is InChI=1S/C18H20N4OS2/c1-4-22-17(15-9-6-10-24-15)20-21-18(22)25-11-16(23)19-14-8-5-7-12(2)13(14)3/h5-10H,4,11H2,1-3H3,(H,19,23). The fraction of sp³-hybridized carbons (Fsp3) is 0.278. The Balaban J connectivity index is 1.67. The number of amides is 1. The van der Waals surface area contributed by atoms with Gasteiger partial charge in [0.05, 0.1) is 10.6 Å². The lowest BCUT2D eigenvalue weighted by Crippen LogP contribution is -2.15. The van der Waals surface area contributed by atoms with E-state index in [0.717, 1.165) is 39.2 Å². The molecule has 0 aliphatic rings. The number of rotatable bonds is 6. The van der Waals surface area contributed by atoms with Crippen molar-refractivity contribution < 1.29 is 4.79 Å².